The van der Waals surface area contributed by atoms with Gasteiger partial charge in [-0.05, 0) is 25.7 Å². The Bertz CT molecular complexity index is 295. The summed E-state index contributed by atoms with van der Waals surface area (Å²) < 4.78 is 0. The van der Waals surface area contributed by atoms with Crippen molar-refractivity contribution in [1.82, 2.24) is 0 Å². The molecule has 0 amide bonds. The molecule has 21 heavy (non-hydrogen) atoms. The van der Waals surface area contributed by atoms with E-state index in [1.807, 2.05) is 6.08 Å². The second-order valence-corrected chi connectivity index (χ2v) is 5.62. The van der Waals surface area contributed by atoms with Gasteiger partial charge in [-0.3, -0.25) is 0 Å². The van der Waals surface area contributed by atoms with Crippen LogP contribution >= 0.6 is 0 Å². The normalized spacial score (nSPS) is 13.2. The number of aliphatic hydroxyl groups is 1. The fourth-order valence-corrected chi connectivity index (χ4v) is 2.32. The Balaban J connectivity index is 3.21. The molecule has 0 aromatic heterocycles. The van der Waals surface area contributed by atoms with Gasteiger partial charge >= 0.3 is 5.97 Å². The van der Waals surface area contributed by atoms with Crippen LogP contribution in [-0.4, -0.2) is 22.3 Å². The fraction of sp³-hybridized carbons (Fsp3) is 0.722. The smallest absolute Gasteiger partial charge is 0.328 e. The second kappa shape index (κ2) is 15.3. The van der Waals surface area contributed by atoms with E-state index in [0.29, 0.717) is 0 Å². The first kappa shape index (κ1) is 19.9. The van der Waals surface area contributed by atoms with Crippen molar-refractivity contribution in [3.05, 3.63) is 24.3 Å². The van der Waals surface area contributed by atoms with Crippen LogP contribution in [0.4, 0.5) is 0 Å². The molecule has 0 heterocycles. The van der Waals surface area contributed by atoms with Gasteiger partial charge in [0.1, 0.15) is 0 Å². The summed E-state index contributed by atoms with van der Waals surface area (Å²) in [6.07, 6.45) is 19.1. The largest absolute Gasteiger partial charge is 0.478 e. The molecule has 0 aliphatic rings. The number of carboxylic acids is 1. The highest BCUT2D eigenvalue weighted by molar-refractivity contribution is 5.80. The van der Waals surface area contributed by atoms with Gasteiger partial charge in [-0.2, -0.15) is 0 Å². The monoisotopic (exact) mass is 296 g/mol. The number of rotatable bonds is 14. The molecule has 3 heteroatoms. The van der Waals surface area contributed by atoms with E-state index in [2.05, 4.69) is 6.92 Å². The van der Waals surface area contributed by atoms with Crippen molar-refractivity contribution in [2.45, 2.75) is 83.7 Å². The Morgan fingerprint density at radius 3 is 2.19 bits per heavy atom. The topological polar surface area (TPSA) is 57.5 Å². The average molecular weight is 296 g/mol. The van der Waals surface area contributed by atoms with Crippen LogP contribution in [0, 0.1) is 0 Å². The molecule has 0 aliphatic heterocycles. The van der Waals surface area contributed by atoms with Crippen LogP contribution in [0.15, 0.2) is 24.3 Å². The summed E-state index contributed by atoms with van der Waals surface area (Å²) in [5.74, 6) is -0.901. The van der Waals surface area contributed by atoms with Gasteiger partial charge in [0.25, 0.3) is 0 Å². The molecule has 3 nitrogen and oxygen atoms in total. The van der Waals surface area contributed by atoms with E-state index in [9.17, 15) is 9.90 Å². The lowest BCUT2D eigenvalue weighted by Gasteiger charge is -2.08. The summed E-state index contributed by atoms with van der Waals surface area (Å²) in [5, 5.41) is 18.0. The molecule has 1 unspecified atom stereocenters. The summed E-state index contributed by atoms with van der Waals surface area (Å²) in [6.45, 7) is 2.11. The van der Waals surface area contributed by atoms with Crippen LogP contribution in [0.5, 0.6) is 0 Å². The molecular weight excluding hydrogens is 264 g/mol. The molecule has 0 spiro atoms. The van der Waals surface area contributed by atoms with E-state index in [1.54, 1.807) is 12.2 Å². The Hall–Kier alpha value is -1.09. The number of carboxylic acid groups (broad SMARTS) is 1. The van der Waals surface area contributed by atoms with Gasteiger partial charge in [-0.25, -0.2) is 4.79 Å². The summed E-state index contributed by atoms with van der Waals surface area (Å²) in [7, 11) is 0. The lowest BCUT2D eigenvalue weighted by atomic mass is 10.0. The minimum atomic E-state index is -0.901. The summed E-state index contributed by atoms with van der Waals surface area (Å²) in [5.41, 5.74) is 0. The predicted molar refractivity (Wildman–Crippen MR) is 88.4 cm³/mol. The van der Waals surface area contributed by atoms with E-state index >= 15 is 0 Å². The average Bonchev–Trinajstić information content (AvgIpc) is 2.44. The number of hydrogen-bond donors (Lipinski definition) is 2. The van der Waals surface area contributed by atoms with Crippen LogP contribution in [-0.2, 0) is 4.79 Å². The molecule has 0 fully saturated rings. The molecule has 1 atom stereocenters. The van der Waals surface area contributed by atoms with Crippen molar-refractivity contribution in [1.29, 1.82) is 0 Å². The van der Waals surface area contributed by atoms with Crippen molar-refractivity contribution in [3.8, 4) is 0 Å². The maximum atomic E-state index is 10.2. The minimum Gasteiger partial charge on any atom is -0.478 e. The van der Waals surface area contributed by atoms with Crippen molar-refractivity contribution in [2.75, 3.05) is 0 Å². The van der Waals surface area contributed by atoms with Crippen LogP contribution < -0.4 is 0 Å². The van der Waals surface area contributed by atoms with E-state index in [0.717, 1.165) is 38.2 Å². The molecule has 0 saturated carbocycles. The van der Waals surface area contributed by atoms with E-state index in [4.69, 9.17) is 5.11 Å². The summed E-state index contributed by atoms with van der Waals surface area (Å²) in [6, 6.07) is 0. The van der Waals surface area contributed by atoms with E-state index in [-0.39, 0.29) is 6.10 Å². The molecule has 0 aromatic rings. The van der Waals surface area contributed by atoms with Crippen LogP contribution in [0.3, 0.4) is 0 Å². The Kier molecular flexibility index (Phi) is 14.5. The molecule has 0 saturated heterocycles. The van der Waals surface area contributed by atoms with E-state index in [1.165, 1.54) is 38.5 Å². The zero-order chi connectivity index (χ0) is 15.8. The quantitative estimate of drug-likeness (QED) is 0.273. The zero-order valence-electron chi connectivity index (χ0n) is 13.5. The van der Waals surface area contributed by atoms with Gasteiger partial charge in [0, 0.05) is 6.08 Å². The third kappa shape index (κ3) is 16.9. The standard InChI is InChI=1S/C18H32O3/c1-2-14-17(19)15-12-10-8-6-4-3-5-7-9-11-13-16-18(20)21/h9,11,13,16-17,19H,2-8,10,12,14-15H2,1H3,(H,20,21). The first-order valence-electron chi connectivity index (χ1n) is 8.41. The van der Waals surface area contributed by atoms with Crippen molar-refractivity contribution < 1.29 is 15.0 Å². The van der Waals surface area contributed by atoms with Crippen molar-refractivity contribution in [3.63, 3.8) is 0 Å². The minimum absolute atomic E-state index is 0.0861. The van der Waals surface area contributed by atoms with Gasteiger partial charge < -0.3 is 10.2 Å². The third-order valence-electron chi connectivity index (χ3n) is 3.52. The Morgan fingerprint density at radius 1 is 0.952 bits per heavy atom. The Morgan fingerprint density at radius 2 is 1.57 bits per heavy atom. The zero-order valence-corrected chi connectivity index (χ0v) is 13.5. The summed E-state index contributed by atoms with van der Waals surface area (Å²) in [4.78, 5) is 10.2. The van der Waals surface area contributed by atoms with Crippen LogP contribution in [0.2, 0.25) is 0 Å². The van der Waals surface area contributed by atoms with Gasteiger partial charge in [0.15, 0.2) is 0 Å². The van der Waals surface area contributed by atoms with Crippen LogP contribution in [0.1, 0.15) is 77.6 Å². The lowest BCUT2D eigenvalue weighted by Crippen LogP contribution is -2.04. The van der Waals surface area contributed by atoms with Crippen molar-refractivity contribution >= 4 is 5.97 Å². The molecule has 122 valence electrons. The molecule has 2 N–H and O–H groups in total. The first-order chi connectivity index (χ1) is 10.2. The molecule has 0 radical (unpaired) electrons. The van der Waals surface area contributed by atoms with Gasteiger partial charge in [-0.15, -0.1) is 0 Å². The van der Waals surface area contributed by atoms with Crippen LogP contribution in [0.25, 0.3) is 0 Å². The highest BCUT2D eigenvalue weighted by Crippen LogP contribution is 2.12. The summed E-state index contributed by atoms with van der Waals surface area (Å²) >= 11 is 0. The highest BCUT2D eigenvalue weighted by Gasteiger charge is 2.01. The molecule has 0 rings (SSSR count). The second-order valence-electron chi connectivity index (χ2n) is 5.62. The number of unbranched alkanes of at least 4 members (excludes halogenated alkanes) is 7. The molecule has 0 bridgehead atoms. The highest BCUT2D eigenvalue weighted by atomic mass is 16.4. The number of allylic oxidation sites excluding steroid dienone is 3. The van der Waals surface area contributed by atoms with Gasteiger partial charge in [-0.1, -0.05) is 70.1 Å². The van der Waals surface area contributed by atoms with E-state index < -0.39 is 5.97 Å². The maximum absolute atomic E-state index is 10.2. The predicted octanol–water partition coefficient (Wildman–Crippen LogP) is 4.86. The maximum Gasteiger partial charge on any atom is 0.328 e. The molecule has 0 aromatic carbocycles. The fourth-order valence-electron chi connectivity index (χ4n) is 2.32. The number of aliphatic hydroxyl groups excluding tert-OH is 1. The molecule has 0 aliphatic carbocycles. The lowest BCUT2D eigenvalue weighted by molar-refractivity contribution is -0.131. The number of hydrogen-bond acceptors (Lipinski definition) is 2. The number of aliphatic carboxylic acids is 1. The third-order valence-corrected chi connectivity index (χ3v) is 3.52. The SMILES string of the molecule is CCCC(O)CCCCCCCCCC=CC=CC(=O)O. The Labute approximate surface area is 129 Å². The van der Waals surface area contributed by atoms with Gasteiger partial charge in [0.05, 0.1) is 6.10 Å². The van der Waals surface area contributed by atoms with Gasteiger partial charge in [0.2, 0.25) is 0 Å². The molecular formula is C18H32O3. The van der Waals surface area contributed by atoms with Crippen molar-refractivity contribution in [2.24, 2.45) is 0 Å². The first-order valence-corrected chi connectivity index (χ1v) is 8.41. The number of carbonyl (C=O) groups is 1.